The first-order valence-electron chi connectivity index (χ1n) is 12.7. The van der Waals surface area contributed by atoms with Gasteiger partial charge in [-0.15, -0.1) is 0 Å². The highest BCUT2D eigenvalue weighted by molar-refractivity contribution is 6.28. The molecule has 2 N–H and O–H groups in total. The Kier molecular flexibility index (Phi) is 5.29. The van der Waals surface area contributed by atoms with E-state index in [0.717, 1.165) is 43.2 Å². The van der Waals surface area contributed by atoms with Gasteiger partial charge in [0, 0.05) is 49.2 Å². The van der Waals surface area contributed by atoms with Gasteiger partial charge in [-0.2, -0.15) is 0 Å². The van der Waals surface area contributed by atoms with Crippen LogP contribution >= 0.6 is 0 Å². The van der Waals surface area contributed by atoms with Crippen molar-refractivity contribution in [1.82, 2.24) is 10.1 Å². The molecule has 2 aliphatic rings. The predicted molar refractivity (Wildman–Crippen MR) is 148 cm³/mol. The van der Waals surface area contributed by atoms with Gasteiger partial charge in [0.25, 0.3) is 0 Å². The maximum Gasteiger partial charge on any atom is 0.335 e. The Bertz CT molecular complexity index is 1740. The predicted octanol–water partition coefficient (Wildman–Crippen LogP) is 5.20. The number of carbonyl (C=O) groups is 2. The quantitative estimate of drug-likeness (QED) is 0.319. The number of carbonyl (C=O) groups excluding carboxylic acids is 1. The third-order valence-corrected chi connectivity index (χ3v) is 7.38. The van der Waals surface area contributed by atoms with Crippen molar-refractivity contribution in [3.8, 4) is 11.3 Å². The lowest BCUT2D eigenvalue weighted by Gasteiger charge is -2.37. The lowest BCUT2D eigenvalue weighted by molar-refractivity contribution is 0.0696. The van der Waals surface area contributed by atoms with Crippen molar-refractivity contribution in [3.63, 3.8) is 0 Å². The van der Waals surface area contributed by atoms with Crippen LogP contribution in [0, 0.1) is 0 Å². The molecule has 1 fully saturated rings. The van der Waals surface area contributed by atoms with Gasteiger partial charge in [0.2, 0.25) is 0 Å². The van der Waals surface area contributed by atoms with E-state index in [1.807, 2.05) is 42.5 Å². The summed E-state index contributed by atoms with van der Waals surface area (Å²) in [6, 6.07) is 21.7. The van der Waals surface area contributed by atoms with Crippen molar-refractivity contribution in [2.75, 3.05) is 41.3 Å². The molecule has 0 bridgehead atoms. The van der Waals surface area contributed by atoms with Gasteiger partial charge in [0.05, 0.1) is 27.9 Å². The third-order valence-electron chi connectivity index (χ3n) is 7.38. The number of fused-ring (bicyclic) bond motifs is 2. The van der Waals surface area contributed by atoms with Crippen molar-refractivity contribution in [3.05, 3.63) is 95.7 Å². The molecule has 7 rings (SSSR count). The van der Waals surface area contributed by atoms with Gasteiger partial charge in [0.1, 0.15) is 11.3 Å². The Morgan fingerprint density at radius 3 is 2.33 bits per heavy atom. The van der Waals surface area contributed by atoms with Crippen LogP contribution in [0.25, 0.3) is 22.2 Å². The molecule has 1 saturated heterocycles. The molecule has 3 aromatic carbocycles. The van der Waals surface area contributed by atoms with E-state index in [0.29, 0.717) is 39.2 Å². The first-order valence-corrected chi connectivity index (χ1v) is 12.7. The first kappa shape index (κ1) is 23.0. The zero-order valence-corrected chi connectivity index (χ0v) is 20.8. The Labute approximate surface area is 223 Å². The number of nitrogens with one attached hydrogen (secondary N) is 1. The van der Waals surface area contributed by atoms with Gasteiger partial charge >= 0.3 is 5.97 Å². The Hall–Kier alpha value is -5.18. The number of ketones is 1. The molecule has 0 unspecified atom stereocenters. The molecule has 0 amide bonds. The minimum Gasteiger partial charge on any atom is -0.478 e. The zero-order chi connectivity index (χ0) is 26.5. The molecule has 3 heterocycles. The van der Waals surface area contributed by atoms with Gasteiger partial charge in [-0.1, -0.05) is 35.5 Å². The molecule has 192 valence electrons. The maximum absolute atomic E-state index is 13.8. The standard InChI is InChI=1S/C30H23N5O4/c36-28-20-5-1-2-6-21(20)29-26-25(28)22(32-19-10-8-18(9-11-19)30(37)38)17-23(27(26)33-39-29)34-13-15-35(16-14-34)24-7-3-4-12-31-24/h1-12,17,32H,13-16H2,(H,37,38). The van der Waals surface area contributed by atoms with Crippen LogP contribution in [0.1, 0.15) is 26.3 Å². The van der Waals surface area contributed by atoms with Crippen molar-refractivity contribution < 1.29 is 19.2 Å². The summed E-state index contributed by atoms with van der Waals surface area (Å²) in [6.45, 7) is 3.05. The number of nitrogens with zero attached hydrogens (tertiary/aromatic N) is 4. The molecule has 9 nitrogen and oxygen atoms in total. The second-order valence-electron chi connectivity index (χ2n) is 9.60. The number of pyridine rings is 1. The molecule has 0 atom stereocenters. The number of piperazine rings is 1. The molecule has 9 heteroatoms. The molecule has 5 aromatic rings. The topological polar surface area (TPSA) is 112 Å². The molecular weight excluding hydrogens is 494 g/mol. The highest BCUT2D eigenvalue weighted by atomic mass is 16.5. The monoisotopic (exact) mass is 517 g/mol. The van der Waals surface area contributed by atoms with Gasteiger partial charge in [-0.05, 0) is 42.5 Å². The molecule has 2 aromatic heterocycles. The van der Waals surface area contributed by atoms with Crippen LogP contribution in [0.5, 0.6) is 0 Å². The number of benzene rings is 3. The van der Waals surface area contributed by atoms with Crippen LogP contribution in [0.4, 0.5) is 22.9 Å². The fourth-order valence-corrected chi connectivity index (χ4v) is 5.45. The van der Waals surface area contributed by atoms with Crippen LogP contribution in [0.3, 0.4) is 0 Å². The van der Waals surface area contributed by atoms with Crippen LogP contribution in [-0.2, 0) is 0 Å². The van der Waals surface area contributed by atoms with Gasteiger partial charge in [-0.25, -0.2) is 9.78 Å². The Morgan fingerprint density at radius 1 is 0.897 bits per heavy atom. The smallest absolute Gasteiger partial charge is 0.335 e. The highest BCUT2D eigenvalue weighted by Crippen LogP contribution is 2.46. The lowest BCUT2D eigenvalue weighted by Crippen LogP contribution is -2.47. The average Bonchev–Trinajstić information content (AvgIpc) is 3.42. The van der Waals surface area contributed by atoms with E-state index in [1.165, 1.54) is 12.1 Å². The minimum atomic E-state index is -0.994. The first-order chi connectivity index (χ1) is 19.1. The summed E-state index contributed by atoms with van der Waals surface area (Å²) in [6.07, 6.45) is 1.80. The van der Waals surface area contributed by atoms with Gasteiger partial charge < -0.3 is 24.7 Å². The largest absolute Gasteiger partial charge is 0.478 e. The van der Waals surface area contributed by atoms with E-state index in [9.17, 15) is 14.7 Å². The van der Waals surface area contributed by atoms with Crippen LogP contribution < -0.4 is 15.1 Å². The molecule has 0 radical (unpaired) electrons. The molecule has 0 spiro atoms. The second-order valence-corrected chi connectivity index (χ2v) is 9.60. The molecular formula is C30H23N5O4. The number of carboxylic acid groups (broad SMARTS) is 1. The average molecular weight is 518 g/mol. The summed E-state index contributed by atoms with van der Waals surface area (Å²) in [5.41, 5.74) is 4.80. The van der Waals surface area contributed by atoms with Crippen molar-refractivity contribution in [2.24, 2.45) is 0 Å². The number of aromatic nitrogens is 2. The second kappa shape index (κ2) is 8.98. The number of anilines is 4. The van der Waals surface area contributed by atoms with E-state index in [4.69, 9.17) is 4.52 Å². The van der Waals surface area contributed by atoms with Crippen LogP contribution in [-0.4, -0.2) is 53.2 Å². The molecule has 1 aliphatic carbocycles. The summed E-state index contributed by atoms with van der Waals surface area (Å²) in [5, 5.41) is 17.8. The summed E-state index contributed by atoms with van der Waals surface area (Å²) >= 11 is 0. The van der Waals surface area contributed by atoms with Gasteiger partial charge in [0.15, 0.2) is 11.5 Å². The van der Waals surface area contributed by atoms with Crippen molar-refractivity contribution in [2.45, 2.75) is 0 Å². The SMILES string of the molecule is O=C(O)c1ccc(Nc2cc(N3CCN(c4ccccn4)CC3)c3noc4c3c2C(=O)c2ccccc2-4)cc1. The van der Waals surface area contributed by atoms with Crippen molar-refractivity contribution in [1.29, 1.82) is 0 Å². The summed E-state index contributed by atoms with van der Waals surface area (Å²) in [5.74, 6) is 0.423. The molecule has 39 heavy (non-hydrogen) atoms. The van der Waals surface area contributed by atoms with Crippen molar-refractivity contribution >= 4 is 45.5 Å². The molecule has 1 aliphatic heterocycles. The van der Waals surface area contributed by atoms with E-state index in [1.54, 1.807) is 24.4 Å². The number of rotatable bonds is 5. The van der Waals surface area contributed by atoms with Crippen LogP contribution in [0.15, 0.2) is 83.5 Å². The summed E-state index contributed by atoms with van der Waals surface area (Å²) in [4.78, 5) is 34.1. The number of aromatic carboxylic acids is 1. The van der Waals surface area contributed by atoms with E-state index >= 15 is 0 Å². The van der Waals surface area contributed by atoms with E-state index in [2.05, 4.69) is 25.3 Å². The minimum absolute atomic E-state index is 0.109. The molecule has 0 saturated carbocycles. The fraction of sp³-hybridized carbons (Fsp3) is 0.133. The number of hydrogen-bond donors (Lipinski definition) is 2. The third kappa shape index (κ3) is 3.78. The Balaban J connectivity index is 1.33. The van der Waals surface area contributed by atoms with Crippen LogP contribution in [0.2, 0.25) is 0 Å². The zero-order valence-electron chi connectivity index (χ0n) is 20.8. The summed E-state index contributed by atoms with van der Waals surface area (Å²) < 4.78 is 5.90. The van der Waals surface area contributed by atoms with E-state index in [-0.39, 0.29) is 11.3 Å². The number of carboxylic acids is 1. The fourth-order valence-electron chi connectivity index (χ4n) is 5.45. The maximum atomic E-state index is 13.8. The Morgan fingerprint density at radius 2 is 1.62 bits per heavy atom. The lowest BCUT2D eigenvalue weighted by atomic mass is 9.86. The summed E-state index contributed by atoms with van der Waals surface area (Å²) in [7, 11) is 0. The normalized spacial score (nSPS) is 14.4. The van der Waals surface area contributed by atoms with Gasteiger partial charge in [-0.3, -0.25) is 4.79 Å². The highest BCUT2D eigenvalue weighted by Gasteiger charge is 2.34. The van der Waals surface area contributed by atoms with E-state index < -0.39 is 5.97 Å². The number of hydrogen-bond acceptors (Lipinski definition) is 8.